The molecule has 10 nitrogen and oxygen atoms in total. The summed E-state index contributed by atoms with van der Waals surface area (Å²) in [7, 11) is 1.29. The van der Waals surface area contributed by atoms with Gasteiger partial charge in [-0.15, -0.1) is 0 Å². The van der Waals surface area contributed by atoms with Crippen molar-refractivity contribution in [2.75, 3.05) is 7.11 Å². The van der Waals surface area contributed by atoms with Crippen LogP contribution in [-0.4, -0.2) is 42.6 Å². The molecule has 0 saturated carbocycles. The SMILES string of the molecule is COC(=O)c1ccc(C(=O)Cc2ccc(C(=O)Oc3ccc(C#Cc4ccc(OC(=O)c5ccc(CC(=O)c6ccc(OC(C)=O)cc6)cc5)cc4)cc3)cc2)cc1. The molecule has 10 heteroatoms. The monoisotopic (exact) mass is 770 g/mol. The lowest BCUT2D eigenvalue weighted by Crippen LogP contribution is -2.09. The van der Waals surface area contributed by atoms with Crippen LogP contribution < -0.4 is 14.2 Å². The van der Waals surface area contributed by atoms with Gasteiger partial charge in [-0.3, -0.25) is 14.4 Å². The average Bonchev–Trinajstić information content (AvgIpc) is 3.24. The number of benzene rings is 6. The van der Waals surface area contributed by atoms with Crippen molar-refractivity contribution < 1.29 is 47.7 Å². The number of methoxy groups -OCH3 is 1. The first-order valence-corrected chi connectivity index (χ1v) is 17.9. The number of ketones is 2. The summed E-state index contributed by atoms with van der Waals surface area (Å²) in [5.74, 6) is 4.86. The van der Waals surface area contributed by atoms with Gasteiger partial charge >= 0.3 is 23.9 Å². The van der Waals surface area contributed by atoms with Crippen molar-refractivity contribution >= 4 is 35.4 Å². The fraction of sp³-hybridized carbons (Fsp3) is 0.0833. The number of ether oxygens (including phenoxy) is 4. The zero-order chi connectivity index (χ0) is 41.0. The molecule has 0 unspecified atom stereocenters. The van der Waals surface area contributed by atoms with Crippen LogP contribution in [0, 0.1) is 11.8 Å². The average molecular weight is 771 g/mol. The lowest BCUT2D eigenvalue weighted by atomic mass is 10.0. The molecule has 0 bridgehead atoms. The zero-order valence-electron chi connectivity index (χ0n) is 31.4. The second-order valence-corrected chi connectivity index (χ2v) is 12.9. The summed E-state index contributed by atoms with van der Waals surface area (Å²) in [6.45, 7) is 1.30. The fourth-order valence-corrected chi connectivity index (χ4v) is 5.57. The third-order valence-electron chi connectivity index (χ3n) is 8.66. The number of Topliss-reactive ketones (excluding diaryl/α,β-unsaturated/α-hetero) is 2. The Morgan fingerprint density at radius 1 is 0.397 bits per heavy atom. The molecule has 286 valence electrons. The smallest absolute Gasteiger partial charge is 0.343 e. The van der Waals surface area contributed by atoms with Gasteiger partial charge in [-0.1, -0.05) is 48.2 Å². The van der Waals surface area contributed by atoms with Crippen LogP contribution in [0.25, 0.3) is 0 Å². The highest BCUT2D eigenvalue weighted by atomic mass is 16.5. The van der Waals surface area contributed by atoms with Crippen molar-refractivity contribution in [3.05, 3.63) is 196 Å². The van der Waals surface area contributed by atoms with E-state index in [4.69, 9.17) is 14.2 Å². The first-order valence-electron chi connectivity index (χ1n) is 17.9. The molecule has 0 heterocycles. The number of carbonyl (C=O) groups is 6. The summed E-state index contributed by atoms with van der Waals surface area (Å²) in [5, 5.41) is 0. The highest BCUT2D eigenvalue weighted by molar-refractivity contribution is 5.99. The summed E-state index contributed by atoms with van der Waals surface area (Å²) in [6, 6.07) is 39.2. The molecule has 0 radical (unpaired) electrons. The van der Waals surface area contributed by atoms with Gasteiger partial charge in [-0.05, 0) is 120 Å². The van der Waals surface area contributed by atoms with Crippen molar-refractivity contribution in [1.29, 1.82) is 0 Å². The quantitative estimate of drug-likeness (QED) is 0.0519. The van der Waals surface area contributed by atoms with Crippen LogP contribution in [0.4, 0.5) is 0 Å². The molecule has 6 aromatic rings. The summed E-state index contributed by atoms with van der Waals surface area (Å²) >= 11 is 0. The topological polar surface area (TPSA) is 139 Å². The Kier molecular flexibility index (Phi) is 12.8. The van der Waals surface area contributed by atoms with E-state index >= 15 is 0 Å². The van der Waals surface area contributed by atoms with Crippen LogP contribution in [0.2, 0.25) is 0 Å². The summed E-state index contributed by atoms with van der Waals surface area (Å²) < 4.78 is 20.7. The van der Waals surface area contributed by atoms with E-state index in [0.717, 1.165) is 11.1 Å². The Bertz CT molecular complexity index is 2520. The van der Waals surface area contributed by atoms with Crippen LogP contribution in [0.15, 0.2) is 146 Å². The van der Waals surface area contributed by atoms with E-state index in [0.29, 0.717) is 56.2 Å². The Balaban J connectivity index is 0.956. The lowest BCUT2D eigenvalue weighted by molar-refractivity contribution is -0.131. The maximum Gasteiger partial charge on any atom is 0.343 e. The Morgan fingerprint density at radius 2 is 0.707 bits per heavy atom. The summed E-state index contributed by atoms with van der Waals surface area (Å²) in [5.41, 5.74) is 4.75. The minimum absolute atomic E-state index is 0.121. The van der Waals surface area contributed by atoms with Crippen molar-refractivity contribution in [2.24, 2.45) is 0 Å². The molecule has 0 aliphatic carbocycles. The van der Waals surface area contributed by atoms with E-state index in [1.165, 1.54) is 26.2 Å². The van der Waals surface area contributed by atoms with Gasteiger partial charge in [0.1, 0.15) is 17.2 Å². The van der Waals surface area contributed by atoms with E-state index < -0.39 is 23.9 Å². The predicted octanol–water partition coefficient (Wildman–Crippen LogP) is 8.09. The number of rotatable bonds is 12. The van der Waals surface area contributed by atoms with Gasteiger partial charge in [-0.2, -0.15) is 0 Å². The Labute approximate surface area is 334 Å². The summed E-state index contributed by atoms with van der Waals surface area (Å²) in [4.78, 5) is 73.7. The molecule has 0 atom stereocenters. The van der Waals surface area contributed by atoms with E-state index in [2.05, 4.69) is 16.6 Å². The number of hydrogen-bond acceptors (Lipinski definition) is 10. The van der Waals surface area contributed by atoms with E-state index in [-0.39, 0.29) is 24.4 Å². The van der Waals surface area contributed by atoms with Crippen LogP contribution in [0.1, 0.15) is 81.0 Å². The zero-order valence-corrected chi connectivity index (χ0v) is 31.4. The van der Waals surface area contributed by atoms with Gasteiger partial charge in [-0.25, -0.2) is 14.4 Å². The molecule has 0 fully saturated rings. The van der Waals surface area contributed by atoms with E-state index in [1.807, 2.05) is 0 Å². The molecule has 0 aliphatic rings. The van der Waals surface area contributed by atoms with E-state index in [1.54, 1.807) is 133 Å². The normalized spacial score (nSPS) is 10.3. The van der Waals surface area contributed by atoms with Gasteiger partial charge in [0.05, 0.1) is 23.8 Å². The second kappa shape index (κ2) is 18.6. The number of hydrogen-bond donors (Lipinski definition) is 0. The van der Waals surface area contributed by atoms with Crippen molar-refractivity contribution in [3.8, 4) is 29.1 Å². The molecule has 6 aromatic carbocycles. The van der Waals surface area contributed by atoms with Crippen LogP contribution in [-0.2, 0) is 22.4 Å². The standard InChI is InChI=1S/C48H34O10/c1-31(49)56-41-27-21-37(22-28-41)45(51)30-35-7-15-40(16-8-35)48(54)58-43-25-11-33(12-26-43)4-3-32-9-23-42(24-10-32)57-47(53)39-13-5-34(6-14-39)29-44(50)36-17-19-38(20-18-36)46(52)55-2/h5-28H,29-30H2,1-2H3. The van der Waals surface area contributed by atoms with Gasteiger partial charge in [0, 0.05) is 42.0 Å². The molecule has 58 heavy (non-hydrogen) atoms. The molecule has 6 rings (SSSR count). The van der Waals surface area contributed by atoms with Crippen LogP contribution in [0.5, 0.6) is 17.2 Å². The maximum atomic E-state index is 12.8. The predicted molar refractivity (Wildman–Crippen MR) is 213 cm³/mol. The maximum absolute atomic E-state index is 12.8. The van der Waals surface area contributed by atoms with Crippen LogP contribution >= 0.6 is 0 Å². The molecule has 0 aliphatic heterocycles. The third-order valence-corrected chi connectivity index (χ3v) is 8.66. The van der Waals surface area contributed by atoms with Gasteiger partial charge in [0.25, 0.3) is 0 Å². The highest BCUT2D eigenvalue weighted by Gasteiger charge is 2.14. The molecule has 0 N–H and O–H groups in total. The van der Waals surface area contributed by atoms with Crippen molar-refractivity contribution in [2.45, 2.75) is 19.8 Å². The lowest BCUT2D eigenvalue weighted by Gasteiger charge is -2.07. The fourth-order valence-electron chi connectivity index (χ4n) is 5.57. The Hall–Kier alpha value is -7.90. The molecule has 0 spiro atoms. The highest BCUT2D eigenvalue weighted by Crippen LogP contribution is 2.19. The minimum atomic E-state index is -0.553. The number of carbonyl (C=O) groups excluding carboxylic acids is 6. The minimum Gasteiger partial charge on any atom is -0.465 e. The molecule has 0 saturated heterocycles. The molecular formula is C48H34O10. The molecular weight excluding hydrogens is 737 g/mol. The second-order valence-electron chi connectivity index (χ2n) is 12.9. The van der Waals surface area contributed by atoms with Crippen molar-refractivity contribution in [3.63, 3.8) is 0 Å². The van der Waals surface area contributed by atoms with Crippen molar-refractivity contribution in [1.82, 2.24) is 0 Å². The third kappa shape index (κ3) is 10.9. The van der Waals surface area contributed by atoms with Gasteiger partial charge < -0.3 is 18.9 Å². The molecule has 0 amide bonds. The number of esters is 4. The first-order chi connectivity index (χ1) is 28.0. The van der Waals surface area contributed by atoms with Crippen LogP contribution in [0.3, 0.4) is 0 Å². The largest absolute Gasteiger partial charge is 0.465 e. The molecule has 0 aromatic heterocycles. The van der Waals surface area contributed by atoms with E-state index in [9.17, 15) is 28.8 Å². The van der Waals surface area contributed by atoms with Gasteiger partial charge in [0.15, 0.2) is 11.6 Å². The Morgan fingerprint density at radius 3 is 1.09 bits per heavy atom. The summed E-state index contributed by atoms with van der Waals surface area (Å²) in [6.07, 6.45) is 0.251. The first kappa shape index (κ1) is 39.8. The van der Waals surface area contributed by atoms with Gasteiger partial charge in [0.2, 0.25) is 0 Å².